The smallest absolute Gasteiger partial charge is 0.0617 e. The Morgan fingerprint density at radius 1 is 1.33 bits per heavy atom. The molecule has 2 nitrogen and oxygen atoms in total. The van der Waals surface area contributed by atoms with Crippen molar-refractivity contribution in [2.24, 2.45) is 5.92 Å². The molecule has 0 aromatic heterocycles. The van der Waals surface area contributed by atoms with Gasteiger partial charge in [0.2, 0.25) is 0 Å². The number of ether oxygens (including phenoxy) is 1. The Labute approximate surface area is 98.5 Å². The minimum absolute atomic E-state index is 0.493. The van der Waals surface area contributed by atoms with Gasteiger partial charge in [0.1, 0.15) is 0 Å². The van der Waals surface area contributed by atoms with Crippen LogP contribution in [-0.4, -0.2) is 36.8 Å². The van der Waals surface area contributed by atoms with Crippen LogP contribution in [0.3, 0.4) is 0 Å². The van der Waals surface area contributed by atoms with E-state index in [1.165, 1.54) is 24.3 Å². The first-order valence-corrected chi connectivity index (χ1v) is 7.25. The Balaban J connectivity index is 2.03. The summed E-state index contributed by atoms with van der Waals surface area (Å²) in [6.45, 7) is 8.33. The Hall–Kier alpha value is 0.270. The Kier molecular flexibility index (Phi) is 6.69. The molecule has 0 unspecified atom stereocenters. The van der Waals surface area contributed by atoms with Crippen molar-refractivity contribution in [2.45, 2.75) is 45.7 Å². The fourth-order valence-electron chi connectivity index (χ4n) is 1.80. The highest BCUT2D eigenvalue weighted by Crippen LogP contribution is 2.17. The van der Waals surface area contributed by atoms with E-state index in [4.69, 9.17) is 4.74 Å². The minimum atomic E-state index is 0.493. The molecule has 1 rings (SSSR count). The lowest BCUT2D eigenvalue weighted by Crippen LogP contribution is -2.42. The standard InChI is InChI=1S/C12H25NOS/c1-10(2)7-14-8-11(3)13-12-5-4-6-15-9-12/h10-13H,4-9H2,1-3H3/t11-,12+/m0/s1. The summed E-state index contributed by atoms with van der Waals surface area (Å²) in [7, 11) is 0. The summed E-state index contributed by atoms with van der Waals surface area (Å²) in [4.78, 5) is 0. The molecule has 0 spiro atoms. The zero-order chi connectivity index (χ0) is 11.1. The molecule has 0 saturated carbocycles. The third kappa shape index (κ3) is 6.44. The summed E-state index contributed by atoms with van der Waals surface area (Å²) in [6, 6.07) is 1.20. The summed E-state index contributed by atoms with van der Waals surface area (Å²) in [5, 5.41) is 3.65. The predicted octanol–water partition coefficient (Wildman–Crippen LogP) is 2.53. The molecular weight excluding hydrogens is 206 g/mol. The van der Waals surface area contributed by atoms with Crippen LogP contribution < -0.4 is 5.32 Å². The second-order valence-corrected chi connectivity index (χ2v) is 6.06. The van der Waals surface area contributed by atoms with Crippen LogP contribution in [0, 0.1) is 5.92 Å². The first kappa shape index (κ1) is 13.3. The van der Waals surface area contributed by atoms with Gasteiger partial charge in [-0.25, -0.2) is 0 Å². The first-order valence-electron chi connectivity index (χ1n) is 6.10. The Morgan fingerprint density at radius 2 is 2.13 bits per heavy atom. The zero-order valence-electron chi connectivity index (χ0n) is 10.3. The summed E-state index contributed by atoms with van der Waals surface area (Å²) in [6.07, 6.45) is 2.70. The molecule has 0 aliphatic carbocycles. The van der Waals surface area contributed by atoms with Crippen LogP contribution in [0.5, 0.6) is 0 Å². The van der Waals surface area contributed by atoms with Crippen molar-refractivity contribution >= 4 is 11.8 Å². The molecule has 1 saturated heterocycles. The first-order chi connectivity index (χ1) is 7.18. The number of hydrogen-bond donors (Lipinski definition) is 1. The van der Waals surface area contributed by atoms with Gasteiger partial charge in [0, 0.05) is 24.4 Å². The third-order valence-corrected chi connectivity index (χ3v) is 3.71. The van der Waals surface area contributed by atoms with Crippen molar-refractivity contribution < 1.29 is 4.74 Å². The predicted molar refractivity (Wildman–Crippen MR) is 68.6 cm³/mol. The van der Waals surface area contributed by atoms with Crippen LogP contribution in [0.15, 0.2) is 0 Å². The second kappa shape index (κ2) is 7.53. The van der Waals surface area contributed by atoms with Crippen molar-refractivity contribution in [1.82, 2.24) is 5.32 Å². The molecule has 1 fully saturated rings. The van der Waals surface area contributed by atoms with E-state index in [1.807, 2.05) is 0 Å². The molecule has 90 valence electrons. The zero-order valence-corrected chi connectivity index (χ0v) is 11.1. The van der Waals surface area contributed by atoms with E-state index in [9.17, 15) is 0 Å². The van der Waals surface area contributed by atoms with Crippen LogP contribution in [0.4, 0.5) is 0 Å². The van der Waals surface area contributed by atoms with E-state index in [2.05, 4.69) is 37.8 Å². The van der Waals surface area contributed by atoms with E-state index in [-0.39, 0.29) is 0 Å². The normalized spacial score (nSPS) is 24.4. The van der Waals surface area contributed by atoms with Gasteiger partial charge in [-0.15, -0.1) is 0 Å². The van der Waals surface area contributed by atoms with Gasteiger partial charge < -0.3 is 10.1 Å². The van der Waals surface area contributed by atoms with Crippen LogP contribution in [0.25, 0.3) is 0 Å². The highest BCUT2D eigenvalue weighted by Gasteiger charge is 2.15. The minimum Gasteiger partial charge on any atom is -0.380 e. The Morgan fingerprint density at radius 3 is 2.73 bits per heavy atom. The van der Waals surface area contributed by atoms with Gasteiger partial charge in [0.25, 0.3) is 0 Å². The highest BCUT2D eigenvalue weighted by molar-refractivity contribution is 7.99. The third-order valence-electron chi connectivity index (χ3n) is 2.50. The number of rotatable bonds is 6. The van der Waals surface area contributed by atoms with Gasteiger partial charge in [-0.05, 0) is 31.4 Å². The summed E-state index contributed by atoms with van der Waals surface area (Å²) >= 11 is 2.07. The van der Waals surface area contributed by atoms with Gasteiger partial charge in [0.05, 0.1) is 6.61 Å². The molecule has 1 heterocycles. The molecule has 3 heteroatoms. The van der Waals surface area contributed by atoms with E-state index in [1.54, 1.807) is 0 Å². The van der Waals surface area contributed by atoms with Crippen LogP contribution in [0.2, 0.25) is 0 Å². The second-order valence-electron chi connectivity index (χ2n) is 4.91. The number of nitrogens with one attached hydrogen (secondary N) is 1. The topological polar surface area (TPSA) is 21.3 Å². The lowest BCUT2D eigenvalue weighted by Gasteiger charge is -2.26. The molecule has 0 amide bonds. The molecule has 0 aromatic rings. The maximum Gasteiger partial charge on any atom is 0.0617 e. The van der Waals surface area contributed by atoms with Crippen molar-refractivity contribution in [2.75, 3.05) is 24.7 Å². The van der Waals surface area contributed by atoms with Gasteiger partial charge in [-0.2, -0.15) is 11.8 Å². The van der Waals surface area contributed by atoms with Crippen LogP contribution >= 0.6 is 11.8 Å². The molecular formula is C12H25NOS. The van der Waals surface area contributed by atoms with Crippen LogP contribution in [-0.2, 0) is 4.74 Å². The molecule has 1 N–H and O–H groups in total. The maximum absolute atomic E-state index is 5.63. The molecule has 0 bridgehead atoms. The van der Waals surface area contributed by atoms with E-state index < -0.39 is 0 Å². The van der Waals surface area contributed by atoms with Gasteiger partial charge in [-0.1, -0.05) is 13.8 Å². The monoisotopic (exact) mass is 231 g/mol. The lowest BCUT2D eigenvalue weighted by atomic mass is 10.1. The fraction of sp³-hybridized carbons (Fsp3) is 1.00. The van der Waals surface area contributed by atoms with E-state index in [0.717, 1.165) is 13.2 Å². The largest absolute Gasteiger partial charge is 0.380 e. The SMILES string of the molecule is CC(C)COC[C@H](C)N[C@@H]1CCCSC1. The molecule has 15 heavy (non-hydrogen) atoms. The molecule has 2 atom stereocenters. The van der Waals surface area contributed by atoms with E-state index >= 15 is 0 Å². The maximum atomic E-state index is 5.63. The highest BCUT2D eigenvalue weighted by atomic mass is 32.2. The summed E-state index contributed by atoms with van der Waals surface area (Å²) < 4.78 is 5.63. The average molecular weight is 231 g/mol. The van der Waals surface area contributed by atoms with Gasteiger partial charge in [-0.3, -0.25) is 0 Å². The quantitative estimate of drug-likeness (QED) is 0.759. The number of thioether (sulfide) groups is 1. The average Bonchev–Trinajstić information content (AvgIpc) is 2.18. The van der Waals surface area contributed by atoms with Crippen molar-refractivity contribution in [1.29, 1.82) is 0 Å². The summed E-state index contributed by atoms with van der Waals surface area (Å²) in [5.74, 6) is 3.26. The van der Waals surface area contributed by atoms with Crippen molar-refractivity contribution in [3.8, 4) is 0 Å². The Bertz CT molecular complexity index is 158. The van der Waals surface area contributed by atoms with Gasteiger partial charge in [0.15, 0.2) is 0 Å². The molecule has 0 aromatic carbocycles. The van der Waals surface area contributed by atoms with Crippen molar-refractivity contribution in [3.05, 3.63) is 0 Å². The van der Waals surface area contributed by atoms with Crippen molar-refractivity contribution in [3.63, 3.8) is 0 Å². The number of hydrogen-bond acceptors (Lipinski definition) is 3. The molecule has 0 radical (unpaired) electrons. The van der Waals surface area contributed by atoms with Gasteiger partial charge >= 0.3 is 0 Å². The lowest BCUT2D eigenvalue weighted by molar-refractivity contribution is 0.0913. The fourth-order valence-corrected chi connectivity index (χ4v) is 2.89. The van der Waals surface area contributed by atoms with Crippen LogP contribution in [0.1, 0.15) is 33.6 Å². The molecule has 1 aliphatic rings. The molecule has 1 aliphatic heterocycles. The van der Waals surface area contributed by atoms with E-state index in [0.29, 0.717) is 18.0 Å². The summed E-state index contributed by atoms with van der Waals surface area (Å²) in [5.41, 5.74) is 0.